The lowest BCUT2D eigenvalue weighted by molar-refractivity contribution is -0.120. The number of carbonyl (C=O) groups is 1. The monoisotopic (exact) mass is 504 g/mol. The number of piperidine rings is 1. The van der Waals surface area contributed by atoms with Gasteiger partial charge in [-0.1, -0.05) is 58.1 Å². The predicted molar refractivity (Wildman–Crippen MR) is 116 cm³/mol. The quantitative estimate of drug-likeness (QED) is 0.457. The fraction of sp³-hybridized carbons (Fsp3) is 0.471. The molecule has 1 saturated heterocycles. The normalized spacial score (nSPS) is 16.2. The van der Waals surface area contributed by atoms with E-state index >= 15 is 0 Å². The van der Waals surface area contributed by atoms with Crippen LogP contribution in [0.5, 0.6) is 0 Å². The van der Waals surface area contributed by atoms with Crippen molar-refractivity contribution in [1.29, 1.82) is 0 Å². The molecule has 1 N–H and O–H groups in total. The van der Waals surface area contributed by atoms with Crippen LogP contribution in [0.15, 0.2) is 33.1 Å². The summed E-state index contributed by atoms with van der Waals surface area (Å²) < 4.78 is 28.6. The first-order valence-corrected chi connectivity index (χ1v) is 13.1. The van der Waals surface area contributed by atoms with Gasteiger partial charge in [-0.05, 0) is 36.3 Å². The number of halogens is 1. The number of thioether (sulfide) groups is 1. The summed E-state index contributed by atoms with van der Waals surface area (Å²) in [7, 11) is -3.40. The topological polar surface area (TPSA) is 92.3 Å². The Balaban J connectivity index is 1.52. The molecule has 1 aliphatic rings. The molecule has 0 aliphatic carbocycles. The van der Waals surface area contributed by atoms with Gasteiger partial charge in [0.25, 0.3) is 0 Å². The maximum Gasteiger partial charge on any atom is 0.229 e. The molecule has 0 unspecified atom stereocenters. The highest BCUT2D eigenvalue weighted by atomic mass is 79.9. The zero-order valence-corrected chi connectivity index (χ0v) is 19.3. The standard InChI is InChI=1S/C17H21BrN4O3S3/c1-2-26-17-21-20-16(27-17)19-15(23)13-7-9-22(10-8-13)28(24,25)11-12-3-5-14(18)6-4-12/h3-6,13H,2,7-11H2,1H3,(H,19,20,23). The molecule has 152 valence electrons. The highest BCUT2D eigenvalue weighted by molar-refractivity contribution is 9.10. The molecular weight excluding hydrogens is 484 g/mol. The number of nitrogens with one attached hydrogen (secondary N) is 1. The predicted octanol–water partition coefficient (Wildman–Crippen LogP) is 3.59. The van der Waals surface area contributed by atoms with Crippen LogP contribution in [0.4, 0.5) is 5.13 Å². The summed E-state index contributed by atoms with van der Waals surface area (Å²) in [5.74, 6) is 0.537. The third kappa shape index (κ3) is 5.76. The molecule has 0 spiro atoms. The van der Waals surface area contributed by atoms with Crippen molar-refractivity contribution in [2.24, 2.45) is 5.92 Å². The molecule has 11 heteroatoms. The summed E-state index contributed by atoms with van der Waals surface area (Å²) >= 11 is 6.28. The number of hydrogen-bond acceptors (Lipinski definition) is 7. The van der Waals surface area contributed by atoms with Gasteiger partial charge in [-0.25, -0.2) is 12.7 Å². The maximum absolute atomic E-state index is 12.7. The number of amides is 1. The van der Waals surface area contributed by atoms with E-state index in [1.165, 1.54) is 15.6 Å². The van der Waals surface area contributed by atoms with Gasteiger partial charge in [0.05, 0.1) is 5.75 Å². The van der Waals surface area contributed by atoms with Gasteiger partial charge in [0.1, 0.15) is 0 Å². The van der Waals surface area contributed by atoms with Crippen LogP contribution in [-0.2, 0) is 20.6 Å². The van der Waals surface area contributed by atoms with Crippen LogP contribution in [0.2, 0.25) is 0 Å². The van der Waals surface area contributed by atoms with E-state index in [1.54, 1.807) is 23.9 Å². The summed E-state index contributed by atoms with van der Waals surface area (Å²) in [6.45, 7) is 2.73. The largest absolute Gasteiger partial charge is 0.300 e. The molecule has 28 heavy (non-hydrogen) atoms. The Labute approximate surface area is 181 Å². The van der Waals surface area contributed by atoms with Gasteiger partial charge >= 0.3 is 0 Å². The van der Waals surface area contributed by atoms with Gasteiger partial charge in [-0.15, -0.1) is 10.2 Å². The summed E-state index contributed by atoms with van der Waals surface area (Å²) in [6.07, 6.45) is 1.00. The third-order valence-electron chi connectivity index (χ3n) is 4.38. The fourth-order valence-corrected chi connectivity index (χ4v) is 6.41. The van der Waals surface area contributed by atoms with E-state index in [4.69, 9.17) is 0 Å². The second kappa shape index (κ2) is 9.66. The van der Waals surface area contributed by atoms with Crippen molar-refractivity contribution in [2.45, 2.75) is 29.9 Å². The molecule has 2 aromatic rings. The number of benzene rings is 1. The maximum atomic E-state index is 12.7. The minimum Gasteiger partial charge on any atom is -0.300 e. The van der Waals surface area contributed by atoms with Crippen LogP contribution in [-0.4, -0.2) is 47.7 Å². The van der Waals surface area contributed by atoms with E-state index in [9.17, 15) is 13.2 Å². The van der Waals surface area contributed by atoms with Crippen LogP contribution in [0.25, 0.3) is 0 Å². The van der Waals surface area contributed by atoms with Gasteiger partial charge in [-0.3, -0.25) is 4.79 Å². The zero-order valence-electron chi connectivity index (χ0n) is 15.3. The number of sulfonamides is 1. The van der Waals surface area contributed by atoms with Crippen molar-refractivity contribution >= 4 is 60.1 Å². The first-order chi connectivity index (χ1) is 13.4. The lowest BCUT2D eigenvalue weighted by Gasteiger charge is -2.30. The number of hydrogen-bond donors (Lipinski definition) is 1. The molecule has 1 aliphatic heterocycles. The molecule has 1 aromatic heterocycles. The lowest BCUT2D eigenvalue weighted by atomic mass is 9.97. The Bertz CT molecular complexity index is 910. The Morgan fingerprint density at radius 2 is 1.96 bits per heavy atom. The molecule has 1 amide bonds. The first kappa shape index (κ1) is 21.7. The second-order valence-electron chi connectivity index (χ2n) is 6.35. The van der Waals surface area contributed by atoms with Gasteiger partial charge in [0.2, 0.25) is 21.1 Å². The highest BCUT2D eigenvalue weighted by Gasteiger charge is 2.31. The number of anilines is 1. The summed E-state index contributed by atoms with van der Waals surface area (Å²) in [4.78, 5) is 12.5. The van der Waals surface area contributed by atoms with E-state index in [2.05, 4.69) is 31.4 Å². The molecule has 7 nitrogen and oxygen atoms in total. The van der Waals surface area contributed by atoms with Crippen molar-refractivity contribution < 1.29 is 13.2 Å². The lowest BCUT2D eigenvalue weighted by Crippen LogP contribution is -2.41. The second-order valence-corrected chi connectivity index (χ2v) is 11.7. The Hall–Kier alpha value is -1.01. The molecule has 0 saturated carbocycles. The van der Waals surface area contributed by atoms with E-state index in [0.717, 1.165) is 20.1 Å². The average molecular weight is 505 g/mol. The minimum atomic E-state index is -3.40. The number of aromatic nitrogens is 2. The Morgan fingerprint density at radius 1 is 1.29 bits per heavy atom. The Morgan fingerprint density at radius 3 is 2.61 bits per heavy atom. The SMILES string of the molecule is CCSc1nnc(NC(=O)C2CCN(S(=O)(=O)Cc3ccc(Br)cc3)CC2)s1. The molecule has 0 radical (unpaired) electrons. The highest BCUT2D eigenvalue weighted by Crippen LogP contribution is 2.27. The van der Waals surface area contributed by atoms with Crippen molar-refractivity contribution in [3.63, 3.8) is 0 Å². The fourth-order valence-electron chi connectivity index (χ4n) is 2.93. The number of carbonyl (C=O) groups excluding carboxylic acids is 1. The first-order valence-electron chi connectivity index (χ1n) is 8.87. The summed E-state index contributed by atoms with van der Waals surface area (Å²) in [5.41, 5.74) is 0.750. The molecule has 1 aromatic carbocycles. The van der Waals surface area contributed by atoms with E-state index in [-0.39, 0.29) is 17.6 Å². The molecule has 0 bridgehead atoms. The summed E-state index contributed by atoms with van der Waals surface area (Å²) in [5, 5.41) is 11.3. The minimum absolute atomic E-state index is 0.0280. The van der Waals surface area contributed by atoms with E-state index in [0.29, 0.717) is 31.1 Å². The van der Waals surface area contributed by atoms with Crippen molar-refractivity contribution in [1.82, 2.24) is 14.5 Å². The smallest absolute Gasteiger partial charge is 0.229 e. The van der Waals surface area contributed by atoms with Crippen molar-refractivity contribution in [3.8, 4) is 0 Å². The molecular formula is C17H21BrN4O3S3. The van der Waals surface area contributed by atoms with Crippen LogP contribution in [0.1, 0.15) is 25.3 Å². The number of nitrogens with zero attached hydrogens (tertiary/aromatic N) is 3. The van der Waals surface area contributed by atoms with Crippen molar-refractivity contribution in [2.75, 3.05) is 24.2 Å². The molecule has 1 fully saturated rings. The Kier molecular flexibility index (Phi) is 7.48. The molecule has 2 heterocycles. The van der Waals surface area contributed by atoms with Crippen LogP contribution < -0.4 is 5.32 Å². The third-order valence-corrected chi connectivity index (χ3v) is 8.62. The van der Waals surface area contributed by atoms with Crippen LogP contribution >= 0.6 is 39.0 Å². The van der Waals surface area contributed by atoms with Gasteiger partial charge in [0.15, 0.2) is 4.34 Å². The average Bonchev–Trinajstić information content (AvgIpc) is 3.11. The molecule has 3 rings (SSSR count). The number of rotatable bonds is 7. The van der Waals surface area contributed by atoms with Gasteiger partial charge in [0, 0.05) is 23.5 Å². The van der Waals surface area contributed by atoms with E-state index in [1.807, 2.05) is 19.1 Å². The van der Waals surface area contributed by atoms with Gasteiger partial charge < -0.3 is 5.32 Å². The van der Waals surface area contributed by atoms with E-state index < -0.39 is 10.0 Å². The molecule has 0 atom stereocenters. The zero-order chi connectivity index (χ0) is 20.1. The van der Waals surface area contributed by atoms with Crippen LogP contribution in [0.3, 0.4) is 0 Å². The van der Waals surface area contributed by atoms with Gasteiger partial charge in [-0.2, -0.15) is 0 Å². The summed E-state index contributed by atoms with van der Waals surface area (Å²) in [6, 6.07) is 7.27. The van der Waals surface area contributed by atoms with Crippen LogP contribution in [0, 0.1) is 5.92 Å². The van der Waals surface area contributed by atoms with Crippen molar-refractivity contribution in [3.05, 3.63) is 34.3 Å².